The van der Waals surface area contributed by atoms with Crippen molar-refractivity contribution in [2.45, 2.75) is 12.3 Å². The fourth-order valence-electron chi connectivity index (χ4n) is 3.41. The number of ether oxygens (including phenoxy) is 2. The molecule has 0 saturated carbocycles. The van der Waals surface area contributed by atoms with Gasteiger partial charge in [0, 0.05) is 23.7 Å². The Hall–Kier alpha value is -3.02. The van der Waals surface area contributed by atoms with Crippen molar-refractivity contribution in [1.29, 1.82) is 0 Å². The van der Waals surface area contributed by atoms with E-state index in [0.717, 1.165) is 11.3 Å². The van der Waals surface area contributed by atoms with Crippen LogP contribution < -0.4 is 14.4 Å². The summed E-state index contributed by atoms with van der Waals surface area (Å²) >= 11 is 0. The second-order valence-corrected chi connectivity index (χ2v) is 6.13. The lowest BCUT2D eigenvalue weighted by Crippen LogP contribution is -2.30. The maximum absolute atomic E-state index is 13.0. The van der Waals surface area contributed by atoms with Crippen LogP contribution in [-0.2, 0) is 4.79 Å². The van der Waals surface area contributed by atoms with Gasteiger partial charge in [-0.05, 0) is 29.8 Å². The molecule has 2 aliphatic heterocycles. The molecule has 2 heterocycles. The molecule has 0 fully saturated rings. The minimum Gasteiger partial charge on any atom is -0.486 e. The first-order valence-electron chi connectivity index (χ1n) is 8.16. The smallest absolute Gasteiger partial charge is 0.304 e. The second-order valence-electron chi connectivity index (χ2n) is 6.13. The zero-order valence-electron chi connectivity index (χ0n) is 13.5. The molecule has 2 aromatic rings. The quantitative estimate of drug-likeness (QED) is 0.930. The predicted molar refractivity (Wildman–Crippen MR) is 90.5 cm³/mol. The fourth-order valence-corrected chi connectivity index (χ4v) is 3.41. The van der Waals surface area contributed by atoms with Gasteiger partial charge in [-0.2, -0.15) is 0 Å². The van der Waals surface area contributed by atoms with Gasteiger partial charge in [0.1, 0.15) is 13.2 Å². The third kappa shape index (κ3) is 2.80. The van der Waals surface area contributed by atoms with Crippen molar-refractivity contribution in [2.75, 3.05) is 24.7 Å². The number of para-hydroxylation sites is 1. The van der Waals surface area contributed by atoms with E-state index >= 15 is 0 Å². The minimum absolute atomic E-state index is 0.00192. The van der Waals surface area contributed by atoms with Gasteiger partial charge >= 0.3 is 5.97 Å². The summed E-state index contributed by atoms with van der Waals surface area (Å²) in [6.45, 7) is 1.31. The average Bonchev–Trinajstić information content (AvgIpc) is 2.99. The zero-order valence-corrected chi connectivity index (χ0v) is 13.5. The van der Waals surface area contributed by atoms with Crippen LogP contribution in [0.15, 0.2) is 42.5 Å². The Bertz CT molecular complexity index is 847. The summed E-state index contributed by atoms with van der Waals surface area (Å²) in [5.41, 5.74) is 2.17. The van der Waals surface area contributed by atoms with E-state index in [9.17, 15) is 9.59 Å². The van der Waals surface area contributed by atoms with Crippen LogP contribution in [-0.4, -0.2) is 36.7 Å². The Labute approximate surface area is 144 Å². The summed E-state index contributed by atoms with van der Waals surface area (Å²) < 4.78 is 11.0. The molecule has 0 aliphatic carbocycles. The Morgan fingerprint density at radius 3 is 2.64 bits per heavy atom. The highest BCUT2D eigenvalue weighted by molar-refractivity contribution is 6.08. The van der Waals surface area contributed by atoms with Crippen molar-refractivity contribution in [3.05, 3.63) is 53.6 Å². The Balaban J connectivity index is 1.65. The van der Waals surface area contributed by atoms with Gasteiger partial charge in [0.05, 0.1) is 6.42 Å². The van der Waals surface area contributed by atoms with E-state index in [1.807, 2.05) is 24.3 Å². The van der Waals surface area contributed by atoms with Gasteiger partial charge in [0.2, 0.25) is 0 Å². The van der Waals surface area contributed by atoms with Gasteiger partial charge in [0.25, 0.3) is 5.91 Å². The van der Waals surface area contributed by atoms with Gasteiger partial charge in [0.15, 0.2) is 11.5 Å². The lowest BCUT2D eigenvalue weighted by atomic mass is 9.98. The maximum Gasteiger partial charge on any atom is 0.304 e. The van der Waals surface area contributed by atoms with Crippen LogP contribution in [0.1, 0.15) is 28.3 Å². The van der Waals surface area contributed by atoms with Gasteiger partial charge in [-0.1, -0.05) is 18.2 Å². The van der Waals surface area contributed by atoms with E-state index in [2.05, 4.69) is 0 Å². The highest BCUT2D eigenvalue weighted by Crippen LogP contribution is 2.39. The number of benzene rings is 2. The van der Waals surface area contributed by atoms with Crippen molar-refractivity contribution in [1.82, 2.24) is 0 Å². The van der Waals surface area contributed by atoms with Crippen LogP contribution in [0.3, 0.4) is 0 Å². The number of amides is 1. The number of anilines is 1. The summed E-state index contributed by atoms with van der Waals surface area (Å²) in [5.74, 6) is -0.0411. The molecule has 1 atom stereocenters. The molecule has 1 unspecified atom stereocenters. The van der Waals surface area contributed by atoms with Gasteiger partial charge in [-0.3, -0.25) is 9.59 Å². The SMILES string of the molecule is O=C(O)CC1CN(C(=O)c2ccc3c(c2)OCCO3)c2ccccc21. The zero-order chi connectivity index (χ0) is 17.4. The number of carbonyl (C=O) groups excluding carboxylic acids is 1. The molecule has 0 spiro atoms. The summed E-state index contributed by atoms with van der Waals surface area (Å²) in [6, 6.07) is 12.6. The summed E-state index contributed by atoms with van der Waals surface area (Å²) in [4.78, 5) is 25.8. The van der Waals surface area contributed by atoms with Gasteiger partial charge in [-0.25, -0.2) is 0 Å². The number of carbonyl (C=O) groups is 2. The van der Waals surface area contributed by atoms with E-state index in [1.165, 1.54) is 0 Å². The molecule has 2 aromatic carbocycles. The molecule has 1 N–H and O–H groups in total. The molecule has 0 bridgehead atoms. The lowest BCUT2D eigenvalue weighted by Gasteiger charge is -2.21. The number of hydrogen-bond donors (Lipinski definition) is 1. The highest BCUT2D eigenvalue weighted by atomic mass is 16.6. The number of carboxylic acid groups (broad SMARTS) is 1. The minimum atomic E-state index is -0.867. The van der Waals surface area contributed by atoms with Crippen LogP contribution in [0.4, 0.5) is 5.69 Å². The molecule has 1 amide bonds. The van der Waals surface area contributed by atoms with Crippen molar-refractivity contribution >= 4 is 17.6 Å². The molecule has 25 heavy (non-hydrogen) atoms. The van der Waals surface area contributed by atoms with E-state index < -0.39 is 5.97 Å². The van der Waals surface area contributed by atoms with E-state index in [0.29, 0.717) is 36.8 Å². The lowest BCUT2D eigenvalue weighted by molar-refractivity contribution is -0.137. The third-order valence-corrected chi connectivity index (χ3v) is 4.53. The Kier molecular flexibility index (Phi) is 3.80. The fraction of sp³-hybridized carbons (Fsp3) is 0.263. The van der Waals surface area contributed by atoms with Crippen LogP contribution in [0, 0.1) is 0 Å². The first kappa shape index (κ1) is 15.5. The number of rotatable bonds is 3. The normalized spacial score (nSPS) is 17.9. The van der Waals surface area contributed by atoms with Gasteiger partial charge < -0.3 is 19.5 Å². The first-order chi connectivity index (χ1) is 12.1. The van der Waals surface area contributed by atoms with Gasteiger partial charge in [-0.15, -0.1) is 0 Å². The molecule has 6 heteroatoms. The van der Waals surface area contributed by atoms with E-state index in [4.69, 9.17) is 14.6 Å². The molecule has 128 valence electrons. The predicted octanol–water partition coefficient (Wildman–Crippen LogP) is 2.68. The van der Waals surface area contributed by atoms with Crippen molar-refractivity contribution in [3.8, 4) is 11.5 Å². The number of nitrogens with zero attached hydrogens (tertiary/aromatic N) is 1. The largest absolute Gasteiger partial charge is 0.486 e. The summed E-state index contributed by atoms with van der Waals surface area (Å²) in [6.07, 6.45) is 0.00192. The number of aliphatic carboxylic acids is 1. The summed E-state index contributed by atoms with van der Waals surface area (Å²) in [5, 5.41) is 9.14. The monoisotopic (exact) mass is 339 g/mol. The van der Waals surface area contributed by atoms with Crippen molar-refractivity contribution in [3.63, 3.8) is 0 Å². The maximum atomic E-state index is 13.0. The number of hydrogen-bond acceptors (Lipinski definition) is 4. The standard InChI is InChI=1S/C19H17NO5/c21-18(22)10-13-11-20(15-4-2-1-3-14(13)15)19(23)12-5-6-16-17(9-12)25-8-7-24-16/h1-6,9,13H,7-8,10-11H2,(H,21,22). The van der Waals surface area contributed by atoms with Crippen molar-refractivity contribution in [2.24, 2.45) is 0 Å². The molecule has 6 nitrogen and oxygen atoms in total. The average molecular weight is 339 g/mol. The third-order valence-electron chi connectivity index (χ3n) is 4.53. The molecule has 2 aliphatic rings. The molecular weight excluding hydrogens is 322 g/mol. The molecular formula is C19H17NO5. The number of carboxylic acids is 1. The highest BCUT2D eigenvalue weighted by Gasteiger charge is 2.34. The van der Waals surface area contributed by atoms with E-state index in [-0.39, 0.29) is 18.2 Å². The van der Waals surface area contributed by atoms with Crippen LogP contribution in [0.5, 0.6) is 11.5 Å². The molecule has 4 rings (SSSR count). The summed E-state index contributed by atoms with van der Waals surface area (Å²) in [7, 11) is 0. The number of fused-ring (bicyclic) bond motifs is 2. The van der Waals surface area contributed by atoms with E-state index in [1.54, 1.807) is 23.1 Å². The second kappa shape index (κ2) is 6.12. The first-order valence-corrected chi connectivity index (χ1v) is 8.16. The van der Waals surface area contributed by atoms with Crippen LogP contribution in [0.2, 0.25) is 0 Å². The molecule has 0 radical (unpaired) electrons. The topological polar surface area (TPSA) is 76.1 Å². The van der Waals surface area contributed by atoms with Crippen LogP contribution in [0.25, 0.3) is 0 Å². The molecule has 0 saturated heterocycles. The molecule has 0 aromatic heterocycles. The Morgan fingerprint density at radius 1 is 1.08 bits per heavy atom. The Morgan fingerprint density at radius 2 is 1.84 bits per heavy atom. The van der Waals surface area contributed by atoms with Crippen molar-refractivity contribution < 1.29 is 24.2 Å². The van der Waals surface area contributed by atoms with Crippen LogP contribution >= 0.6 is 0 Å².